The summed E-state index contributed by atoms with van der Waals surface area (Å²) in [7, 11) is 0. The van der Waals surface area contributed by atoms with Gasteiger partial charge in [-0.1, -0.05) is 104 Å². The van der Waals surface area contributed by atoms with Crippen LogP contribution in [0.15, 0.2) is 89.9 Å². The van der Waals surface area contributed by atoms with E-state index in [2.05, 4.69) is 29.7 Å². The third-order valence-corrected chi connectivity index (χ3v) is 5.77. The number of aliphatic imine (C=N–C) groups is 1. The van der Waals surface area contributed by atoms with E-state index >= 15 is 0 Å². The van der Waals surface area contributed by atoms with E-state index in [1.807, 2.05) is 72.8 Å². The van der Waals surface area contributed by atoms with Crippen LogP contribution in [-0.4, -0.2) is 10.8 Å². The number of rotatable bonds is 7. The van der Waals surface area contributed by atoms with Gasteiger partial charge in [0.1, 0.15) is 11.6 Å². The summed E-state index contributed by atoms with van der Waals surface area (Å²) >= 11 is 6.35. The molecule has 0 amide bonds. The summed E-state index contributed by atoms with van der Waals surface area (Å²) in [5.74, 6) is 0.665. The van der Waals surface area contributed by atoms with E-state index in [9.17, 15) is 5.26 Å². The highest BCUT2D eigenvalue weighted by Crippen LogP contribution is 2.43. The maximum absolute atomic E-state index is 10.3. The first kappa shape index (κ1) is 21.6. The smallest absolute Gasteiger partial charge is 0.151 e. The van der Waals surface area contributed by atoms with Crippen LogP contribution in [-0.2, 0) is 6.54 Å². The zero-order valence-corrected chi connectivity index (χ0v) is 18.8. The maximum atomic E-state index is 10.3. The van der Waals surface area contributed by atoms with Gasteiger partial charge in [0, 0.05) is 28.9 Å². The molecule has 4 heteroatoms. The number of aromatic nitrogens is 1. The lowest BCUT2D eigenvalue weighted by atomic mass is 9.98. The Morgan fingerprint density at radius 3 is 2.16 bits per heavy atom. The second-order valence-electron chi connectivity index (χ2n) is 7.55. The van der Waals surface area contributed by atoms with Crippen molar-refractivity contribution in [2.24, 2.45) is 4.99 Å². The fourth-order valence-corrected chi connectivity index (χ4v) is 4.06. The van der Waals surface area contributed by atoms with Crippen LogP contribution in [0.25, 0.3) is 22.4 Å². The molecule has 0 radical (unpaired) electrons. The minimum absolute atomic E-state index is 0.578. The molecular formula is C28H24ClN3. The monoisotopic (exact) mass is 437 g/mol. The molecule has 0 saturated heterocycles. The van der Waals surface area contributed by atoms with Crippen molar-refractivity contribution in [1.82, 2.24) is 4.57 Å². The number of unbranched alkanes of at least 4 members (excludes halogenated alkanes) is 1. The van der Waals surface area contributed by atoms with Gasteiger partial charge in [-0.15, -0.1) is 0 Å². The van der Waals surface area contributed by atoms with Crippen molar-refractivity contribution in [3.8, 4) is 28.5 Å². The van der Waals surface area contributed by atoms with Crippen LogP contribution in [0.3, 0.4) is 0 Å². The van der Waals surface area contributed by atoms with Gasteiger partial charge in [-0.2, -0.15) is 5.26 Å². The second kappa shape index (κ2) is 10.1. The standard InChI is InChI=1S/C28H24ClN3/c1-2-3-18-32-27(22-14-8-5-9-15-22)26(21-12-6-4-7-13-21)24(19-30)28(32)31-20-23-16-10-11-17-25(23)29/h4-17,20H,2-3,18H2,1H3/b31-20+. The molecule has 0 aliphatic carbocycles. The Bertz CT molecular complexity index is 1270. The topological polar surface area (TPSA) is 41.1 Å². The van der Waals surface area contributed by atoms with Gasteiger partial charge < -0.3 is 4.57 Å². The summed E-state index contributed by atoms with van der Waals surface area (Å²) < 4.78 is 2.19. The van der Waals surface area contributed by atoms with Crippen LogP contribution in [0.5, 0.6) is 0 Å². The zero-order valence-electron chi connectivity index (χ0n) is 18.0. The number of nitrogens with zero attached hydrogens (tertiary/aromatic N) is 3. The lowest BCUT2D eigenvalue weighted by molar-refractivity contribution is 0.642. The van der Waals surface area contributed by atoms with Gasteiger partial charge in [0.25, 0.3) is 0 Å². The lowest BCUT2D eigenvalue weighted by Gasteiger charge is -2.13. The van der Waals surface area contributed by atoms with E-state index in [0.29, 0.717) is 16.4 Å². The fraction of sp³-hybridized carbons (Fsp3) is 0.143. The molecule has 0 N–H and O–H groups in total. The minimum atomic E-state index is 0.578. The first-order chi connectivity index (χ1) is 15.7. The molecule has 0 fully saturated rings. The number of nitriles is 1. The average molecular weight is 438 g/mol. The van der Waals surface area contributed by atoms with Gasteiger partial charge in [0.05, 0.1) is 5.69 Å². The summed E-state index contributed by atoms with van der Waals surface area (Å²) in [6, 6.07) is 30.4. The van der Waals surface area contributed by atoms with Crippen LogP contribution in [0.2, 0.25) is 5.02 Å². The molecule has 0 atom stereocenters. The van der Waals surface area contributed by atoms with Crippen LogP contribution in [0.1, 0.15) is 30.9 Å². The lowest BCUT2D eigenvalue weighted by Crippen LogP contribution is -2.00. The van der Waals surface area contributed by atoms with E-state index in [1.165, 1.54) is 0 Å². The molecule has 4 rings (SSSR count). The van der Waals surface area contributed by atoms with Gasteiger partial charge in [-0.05, 0) is 23.6 Å². The first-order valence-electron chi connectivity index (χ1n) is 10.8. The second-order valence-corrected chi connectivity index (χ2v) is 7.96. The highest BCUT2D eigenvalue weighted by Gasteiger charge is 2.24. The number of hydrogen-bond acceptors (Lipinski definition) is 2. The van der Waals surface area contributed by atoms with Crippen molar-refractivity contribution in [3.63, 3.8) is 0 Å². The van der Waals surface area contributed by atoms with E-state index < -0.39 is 0 Å². The van der Waals surface area contributed by atoms with Crippen molar-refractivity contribution in [2.75, 3.05) is 0 Å². The van der Waals surface area contributed by atoms with Gasteiger partial charge in [-0.25, -0.2) is 4.99 Å². The van der Waals surface area contributed by atoms with Gasteiger partial charge in [-0.3, -0.25) is 0 Å². The predicted octanol–water partition coefficient (Wildman–Crippen LogP) is 7.90. The molecule has 0 aliphatic heterocycles. The van der Waals surface area contributed by atoms with Crippen molar-refractivity contribution < 1.29 is 0 Å². The Morgan fingerprint density at radius 1 is 0.906 bits per heavy atom. The molecule has 158 valence electrons. The summed E-state index contributed by atoms with van der Waals surface area (Å²) in [5, 5.41) is 10.9. The normalized spacial score (nSPS) is 11.0. The molecule has 0 aliphatic rings. The maximum Gasteiger partial charge on any atom is 0.151 e. The van der Waals surface area contributed by atoms with E-state index in [-0.39, 0.29) is 0 Å². The summed E-state index contributed by atoms with van der Waals surface area (Å²) in [4.78, 5) is 4.82. The first-order valence-corrected chi connectivity index (χ1v) is 11.2. The van der Waals surface area contributed by atoms with E-state index in [4.69, 9.17) is 16.6 Å². The molecule has 0 saturated carbocycles. The van der Waals surface area contributed by atoms with Crippen LogP contribution >= 0.6 is 11.6 Å². The number of hydrogen-bond donors (Lipinski definition) is 0. The molecule has 32 heavy (non-hydrogen) atoms. The Kier molecular flexibility index (Phi) is 6.84. The third-order valence-electron chi connectivity index (χ3n) is 5.42. The highest BCUT2D eigenvalue weighted by molar-refractivity contribution is 6.33. The zero-order chi connectivity index (χ0) is 22.3. The quantitative estimate of drug-likeness (QED) is 0.271. The average Bonchev–Trinajstić information content (AvgIpc) is 3.16. The van der Waals surface area contributed by atoms with Crippen molar-refractivity contribution in [2.45, 2.75) is 26.3 Å². The SMILES string of the molecule is CCCCn1c(/N=C/c2ccccc2Cl)c(C#N)c(-c2ccccc2)c1-c1ccccc1. The Balaban J connectivity index is 2.01. The Morgan fingerprint density at radius 2 is 1.53 bits per heavy atom. The Hall–Kier alpha value is -3.61. The van der Waals surface area contributed by atoms with E-state index in [0.717, 1.165) is 47.3 Å². The molecular weight excluding hydrogens is 414 g/mol. The number of halogens is 1. The molecule has 3 aromatic carbocycles. The summed E-state index contributed by atoms with van der Waals surface area (Å²) in [6.45, 7) is 2.94. The van der Waals surface area contributed by atoms with Crippen LogP contribution in [0, 0.1) is 11.3 Å². The van der Waals surface area contributed by atoms with Crippen LogP contribution in [0.4, 0.5) is 5.82 Å². The molecule has 0 spiro atoms. The van der Waals surface area contributed by atoms with Crippen LogP contribution < -0.4 is 0 Å². The predicted molar refractivity (Wildman–Crippen MR) is 134 cm³/mol. The van der Waals surface area contributed by atoms with Gasteiger partial charge in [0.15, 0.2) is 5.82 Å². The van der Waals surface area contributed by atoms with Gasteiger partial charge in [0.2, 0.25) is 0 Å². The van der Waals surface area contributed by atoms with E-state index in [1.54, 1.807) is 6.21 Å². The third kappa shape index (κ3) is 4.37. The molecule has 0 unspecified atom stereocenters. The fourth-order valence-electron chi connectivity index (χ4n) is 3.87. The highest BCUT2D eigenvalue weighted by atomic mass is 35.5. The molecule has 1 aromatic heterocycles. The minimum Gasteiger partial charge on any atom is -0.324 e. The summed E-state index contributed by atoms with van der Waals surface area (Å²) in [6.07, 6.45) is 3.79. The molecule has 1 heterocycles. The van der Waals surface area contributed by atoms with Crippen molar-refractivity contribution in [1.29, 1.82) is 5.26 Å². The van der Waals surface area contributed by atoms with Crippen molar-refractivity contribution >= 4 is 23.6 Å². The number of benzene rings is 3. The van der Waals surface area contributed by atoms with Gasteiger partial charge >= 0.3 is 0 Å². The summed E-state index contributed by atoms with van der Waals surface area (Å²) in [5.41, 5.74) is 5.42. The van der Waals surface area contributed by atoms with Crippen molar-refractivity contribution in [3.05, 3.63) is 101 Å². The molecule has 3 nitrogen and oxygen atoms in total. The Labute approximate surface area is 194 Å². The molecule has 4 aromatic rings. The largest absolute Gasteiger partial charge is 0.324 e. The molecule has 0 bridgehead atoms.